The standard InChI is InChI=1S/C14H18BrNO4/c1-9(16-2-4-18-5-3-16)14(17)10-6-12-13(7-11(10)15)20-8-19-12/h6-7,9,14,17H,2-5,8H2,1H3/t9-,14-/m0/s1. The van der Waals surface area contributed by atoms with Crippen molar-refractivity contribution in [3.05, 3.63) is 22.2 Å². The lowest BCUT2D eigenvalue weighted by molar-refractivity contribution is -0.0168. The summed E-state index contributed by atoms with van der Waals surface area (Å²) in [5.74, 6) is 1.41. The summed E-state index contributed by atoms with van der Waals surface area (Å²) in [6.45, 7) is 5.41. The lowest BCUT2D eigenvalue weighted by Crippen LogP contribution is -2.44. The highest BCUT2D eigenvalue weighted by Gasteiger charge is 2.28. The number of nitrogens with zero attached hydrogens (tertiary/aromatic N) is 1. The van der Waals surface area contributed by atoms with Gasteiger partial charge in [-0.25, -0.2) is 0 Å². The number of morpholine rings is 1. The van der Waals surface area contributed by atoms with Gasteiger partial charge in [-0.3, -0.25) is 4.90 Å². The smallest absolute Gasteiger partial charge is 0.231 e. The molecule has 0 unspecified atom stereocenters. The summed E-state index contributed by atoms with van der Waals surface area (Å²) in [5.41, 5.74) is 0.827. The summed E-state index contributed by atoms with van der Waals surface area (Å²) in [4.78, 5) is 2.24. The normalized spacial score (nSPS) is 21.8. The van der Waals surface area contributed by atoms with E-state index in [9.17, 15) is 5.11 Å². The molecule has 0 spiro atoms. The lowest BCUT2D eigenvalue weighted by atomic mass is 10.0. The first kappa shape index (κ1) is 14.1. The number of hydrogen-bond donors (Lipinski definition) is 1. The number of rotatable bonds is 3. The molecule has 2 atom stereocenters. The monoisotopic (exact) mass is 343 g/mol. The van der Waals surface area contributed by atoms with Crippen molar-refractivity contribution in [2.75, 3.05) is 33.1 Å². The molecule has 2 aliphatic rings. The van der Waals surface area contributed by atoms with Gasteiger partial charge >= 0.3 is 0 Å². The van der Waals surface area contributed by atoms with Crippen LogP contribution in [0.3, 0.4) is 0 Å². The Balaban J connectivity index is 1.80. The van der Waals surface area contributed by atoms with Gasteiger partial charge in [-0.1, -0.05) is 15.9 Å². The van der Waals surface area contributed by atoms with E-state index >= 15 is 0 Å². The maximum Gasteiger partial charge on any atom is 0.231 e. The minimum Gasteiger partial charge on any atom is -0.454 e. The largest absolute Gasteiger partial charge is 0.454 e. The second kappa shape index (κ2) is 5.89. The molecular formula is C14H18BrNO4. The van der Waals surface area contributed by atoms with Crippen molar-refractivity contribution in [1.82, 2.24) is 4.90 Å². The molecule has 0 saturated carbocycles. The number of aliphatic hydroxyl groups is 1. The first-order valence-electron chi connectivity index (χ1n) is 6.75. The van der Waals surface area contributed by atoms with Crippen LogP contribution in [-0.2, 0) is 4.74 Å². The zero-order chi connectivity index (χ0) is 14.1. The van der Waals surface area contributed by atoms with Gasteiger partial charge in [0.05, 0.1) is 19.3 Å². The molecule has 0 radical (unpaired) electrons. The highest BCUT2D eigenvalue weighted by Crippen LogP contribution is 2.40. The third-order valence-corrected chi connectivity index (χ3v) is 4.58. The van der Waals surface area contributed by atoms with E-state index in [0.717, 1.165) is 36.3 Å². The molecule has 3 rings (SSSR count). The van der Waals surface area contributed by atoms with Gasteiger partial charge in [-0.15, -0.1) is 0 Å². The Labute approximate surface area is 126 Å². The number of benzene rings is 1. The third-order valence-electron chi connectivity index (χ3n) is 3.89. The van der Waals surface area contributed by atoms with Gasteiger partial charge in [0.25, 0.3) is 0 Å². The van der Waals surface area contributed by atoms with Gasteiger partial charge < -0.3 is 19.3 Å². The van der Waals surface area contributed by atoms with Crippen LogP contribution < -0.4 is 9.47 Å². The fourth-order valence-corrected chi connectivity index (χ4v) is 3.16. The Hall–Kier alpha value is -0.820. The van der Waals surface area contributed by atoms with Crippen LogP contribution in [0.25, 0.3) is 0 Å². The van der Waals surface area contributed by atoms with Gasteiger partial charge in [-0.2, -0.15) is 0 Å². The Morgan fingerprint density at radius 1 is 1.20 bits per heavy atom. The predicted molar refractivity (Wildman–Crippen MR) is 77.1 cm³/mol. The van der Waals surface area contributed by atoms with Crippen LogP contribution in [0, 0.1) is 0 Å². The van der Waals surface area contributed by atoms with Crippen LogP contribution in [-0.4, -0.2) is 49.1 Å². The quantitative estimate of drug-likeness (QED) is 0.908. The molecule has 0 aliphatic carbocycles. The van der Waals surface area contributed by atoms with Gasteiger partial charge in [0.1, 0.15) is 0 Å². The molecule has 6 heteroatoms. The molecule has 110 valence electrons. The first-order valence-corrected chi connectivity index (χ1v) is 7.55. The molecule has 2 aliphatic heterocycles. The second-order valence-electron chi connectivity index (χ2n) is 5.06. The van der Waals surface area contributed by atoms with Crippen molar-refractivity contribution in [3.63, 3.8) is 0 Å². The Morgan fingerprint density at radius 2 is 1.85 bits per heavy atom. The van der Waals surface area contributed by atoms with Crippen LogP contribution in [0.1, 0.15) is 18.6 Å². The van der Waals surface area contributed by atoms with E-state index in [4.69, 9.17) is 14.2 Å². The fraction of sp³-hybridized carbons (Fsp3) is 0.571. The minimum absolute atomic E-state index is 0.0237. The first-order chi connectivity index (χ1) is 9.66. The van der Waals surface area contributed by atoms with Crippen molar-refractivity contribution in [2.24, 2.45) is 0 Å². The highest BCUT2D eigenvalue weighted by atomic mass is 79.9. The van der Waals surface area contributed by atoms with Crippen LogP contribution in [0.2, 0.25) is 0 Å². The van der Waals surface area contributed by atoms with Gasteiger partial charge in [0, 0.05) is 29.2 Å². The van der Waals surface area contributed by atoms with Crippen molar-refractivity contribution >= 4 is 15.9 Å². The van der Waals surface area contributed by atoms with Crippen molar-refractivity contribution in [1.29, 1.82) is 0 Å². The van der Waals surface area contributed by atoms with E-state index in [1.807, 2.05) is 19.1 Å². The predicted octanol–water partition coefficient (Wildman–Crippen LogP) is 1.93. The topological polar surface area (TPSA) is 51.2 Å². The van der Waals surface area contributed by atoms with Crippen molar-refractivity contribution in [3.8, 4) is 11.5 Å². The number of ether oxygens (including phenoxy) is 3. The van der Waals surface area contributed by atoms with Crippen LogP contribution in [0.15, 0.2) is 16.6 Å². The molecule has 1 fully saturated rings. The van der Waals surface area contributed by atoms with E-state index in [0.29, 0.717) is 11.5 Å². The van der Waals surface area contributed by atoms with E-state index in [1.165, 1.54) is 0 Å². The molecule has 20 heavy (non-hydrogen) atoms. The zero-order valence-corrected chi connectivity index (χ0v) is 12.9. The number of halogens is 1. The molecule has 0 aromatic heterocycles. The minimum atomic E-state index is -0.586. The summed E-state index contributed by atoms with van der Waals surface area (Å²) in [6.07, 6.45) is -0.586. The molecule has 1 aromatic rings. The van der Waals surface area contributed by atoms with Crippen LogP contribution in [0.4, 0.5) is 0 Å². The van der Waals surface area contributed by atoms with E-state index in [1.54, 1.807) is 0 Å². The van der Waals surface area contributed by atoms with E-state index in [-0.39, 0.29) is 12.8 Å². The Bertz CT molecular complexity index is 490. The van der Waals surface area contributed by atoms with E-state index < -0.39 is 6.10 Å². The fourth-order valence-electron chi connectivity index (χ4n) is 2.60. The molecule has 1 N–H and O–H groups in total. The molecule has 1 saturated heterocycles. The van der Waals surface area contributed by atoms with Gasteiger partial charge in [0.2, 0.25) is 6.79 Å². The SMILES string of the molecule is C[C@@H]([C@H](O)c1cc2c(cc1Br)OCO2)N1CCOCC1. The summed E-state index contributed by atoms with van der Waals surface area (Å²) >= 11 is 3.50. The maximum absolute atomic E-state index is 10.6. The second-order valence-corrected chi connectivity index (χ2v) is 5.92. The summed E-state index contributed by atoms with van der Waals surface area (Å²) in [5, 5.41) is 10.6. The molecule has 5 nitrogen and oxygen atoms in total. The molecule has 0 bridgehead atoms. The van der Waals surface area contributed by atoms with Crippen LogP contribution >= 0.6 is 15.9 Å². The molecule has 2 heterocycles. The summed E-state index contributed by atoms with van der Waals surface area (Å²) in [7, 11) is 0. The molecule has 1 aromatic carbocycles. The zero-order valence-electron chi connectivity index (χ0n) is 11.3. The van der Waals surface area contributed by atoms with Crippen LogP contribution in [0.5, 0.6) is 11.5 Å². The Morgan fingerprint density at radius 3 is 2.55 bits per heavy atom. The number of aliphatic hydroxyl groups excluding tert-OH is 1. The third kappa shape index (κ3) is 2.65. The average Bonchev–Trinajstić information content (AvgIpc) is 2.93. The van der Waals surface area contributed by atoms with E-state index in [2.05, 4.69) is 20.8 Å². The van der Waals surface area contributed by atoms with Gasteiger partial charge in [-0.05, 0) is 19.1 Å². The lowest BCUT2D eigenvalue weighted by Gasteiger charge is -2.35. The summed E-state index contributed by atoms with van der Waals surface area (Å²) in [6, 6.07) is 3.73. The summed E-state index contributed by atoms with van der Waals surface area (Å²) < 4.78 is 16.9. The molecular weight excluding hydrogens is 326 g/mol. The average molecular weight is 344 g/mol. The Kier molecular flexibility index (Phi) is 4.16. The molecule has 0 amide bonds. The van der Waals surface area contributed by atoms with Crippen molar-refractivity contribution in [2.45, 2.75) is 19.1 Å². The van der Waals surface area contributed by atoms with Crippen molar-refractivity contribution < 1.29 is 19.3 Å². The highest BCUT2D eigenvalue weighted by molar-refractivity contribution is 9.10. The number of hydrogen-bond acceptors (Lipinski definition) is 5. The maximum atomic E-state index is 10.6. The number of fused-ring (bicyclic) bond motifs is 1. The van der Waals surface area contributed by atoms with Gasteiger partial charge in [0.15, 0.2) is 11.5 Å².